The third kappa shape index (κ3) is 5.70. The molecule has 0 fully saturated rings. The number of ketones is 1. The van der Waals surface area contributed by atoms with Gasteiger partial charge in [-0.05, 0) is 36.4 Å². The number of benzene rings is 2. The number of carbonyl (C=O) groups is 1. The Morgan fingerprint density at radius 3 is 2.02 bits per heavy atom. The van der Waals surface area contributed by atoms with E-state index in [-0.39, 0.29) is 23.4 Å². The fraction of sp³-hybridized carbons (Fsp3) is 0.231. The lowest BCUT2D eigenvalue weighted by molar-refractivity contribution is -0.399. The van der Waals surface area contributed by atoms with Crippen molar-refractivity contribution < 1.29 is 61.9 Å². The van der Waals surface area contributed by atoms with Crippen LogP contribution in [0.4, 0.5) is 57.1 Å². The lowest BCUT2D eigenvalue weighted by Crippen LogP contribution is -2.59. The summed E-state index contributed by atoms with van der Waals surface area (Å²) in [7, 11) is 1.08. The predicted octanol–water partition coefficient (Wildman–Crippen LogP) is 8.51. The monoisotopic (exact) mass is 678 g/mol. The minimum Gasteiger partial charge on any atom is -0.287 e. The molecule has 45 heavy (non-hydrogen) atoms. The Labute approximate surface area is 247 Å². The Hall–Kier alpha value is -4.22. The largest absolute Gasteiger partial charge is 0.460 e. The number of nitrogens with zero attached hydrogens (tertiary/aromatic N) is 4. The average Bonchev–Trinajstić information content (AvgIpc) is 3.31. The summed E-state index contributed by atoms with van der Waals surface area (Å²) < 4.78 is 180. The second-order valence-corrected chi connectivity index (χ2v) is 9.63. The molecule has 2 aromatic heterocycles. The topological polar surface area (TPSA) is 60.7 Å². The molecule has 2 heterocycles. The van der Waals surface area contributed by atoms with E-state index in [0.717, 1.165) is 17.8 Å². The van der Waals surface area contributed by atoms with E-state index in [1.165, 1.54) is 12.1 Å². The highest BCUT2D eigenvalue weighted by Gasteiger charge is 2.82. The molecule has 0 aliphatic rings. The van der Waals surface area contributed by atoms with Gasteiger partial charge in [-0.25, -0.2) is 14.1 Å². The molecule has 0 saturated carbocycles. The van der Waals surface area contributed by atoms with Gasteiger partial charge in [-0.3, -0.25) is 9.78 Å². The molecule has 5 nitrogen and oxygen atoms in total. The summed E-state index contributed by atoms with van der Waals surface area (Å²) >= 11 is 5.95. The Balaban J connectivity index is 1.95. The van der Waals surface area contributed by atoms with Crippen LogP contribution in [-0.4, -0.2) is 43.6 Å². The van der Waals surface area contributed by atoms with E-state index in [1.807, 2.05) is 0 Å². The van der Waals surface area contributed by atoms with Crippen LogP contribution in [0, 0.1) is 5.82 Å². The van der Waals surface area contributed by atoms with Crippen LogP contribution in [0.5, 0.6) is 0 Å². The number of alkyl halides is 12. The molecule has 0 amide bonds. The second-order valence-electron chi connectivity index (χ2n) is 9.22. The first kappa shape index (κ1) is 33.7. The highest BCUT2D eigenvalue weighted by atomic mass is 35.5. The van der Waals surface area contributed by atoms with E-state index >= 15 is 8.78 Å². The lowest BCUT2D eigenvalue weighted by Gasteiger charge is -2.34. The van der Waals surface area contributed by atoms with Gasteiger partial charge in [0, 0.05) is 29.9 Å². The van der Waals surface area contributed by atoms with Gasteiger partial charge >= 0.3 is 30.1 Å². The van der Waals surface area contributed by atoms with Crippen molar-refractivity contribution in [1.82, 2.24) is 19.7 Å². The maximum atomic E-state index is 15.3. The maximum absolute atomic E-state index is 15.3. The van der Waals surface area contributed by atoms with Gasteiger partial charge in [0.2, 0.25) is 5.78 Å². The highest BCUT2D eigenvalue weighted by Crippen LogP contribution is 2.57. The molecule has 19 heteroatoms. The van der Waals surface area contributed by atoms with Crippen LogP contribution in [0.25, 0.3) is 22.8 Å². The Morgan fingerprint density at radius 2 is 1.49 bits per heavy atom. The Bertz CT molecular complexity index is 1740. The molecule has 240 valence electrons. The van der Waals surface area contributed by atoms with Gasteiger partial charge in [0.1, 0.15) is 11.5 Å². The van der Waals surface area contributed by atoms with Crippen molar-refractivity contribution in [2.45, 2.75) is 30.1 Å². The lowest BCUT2D eigenvalue weighted by atomic mass is 9.89. The van der Waals surface area contributed by atoms with Crippen LogP contribution in [0.15, 0.2) is 54.7 Å². The average molecular weight is 679 g/mol. The normalized spacial score (nSPS) is 13.3. The minimum atomic E-state index is -7.36. The summed E-state index contributed by atoms with van der Waals surface area (Å²) in [6.45, 7) is 0. The number of hydrogen-bond donors (Lipinski definition) is 0. The van der Waals surface area contributed by atoms with Crippen LogP contribution in [-0.2, 0) is 19.1 Å². The van der Waals surface area contributed by atoms with Gasteiger partial charge in [-0.2, -0.15) is 57.8 Å². The number of rotatable bonds is 7. The molecule has 0 aliphatic carbocycles. The Kier molecular flexibility index (Phi) is 8.22. The standard InChI is InChI=1S/C26H12ClF13N4O/c1-44-21(42-20(43-44)18-15(27)3-2-4-16(18)28)11-5-7-13(19(45)17-8-6-12(10-41-17)23(31,32)33)14(9-11)22(29,30)24(34,35)25(36,37)26(38,39)40/h2-10H,1H3. The Morgan fingerprint density at radius 1 is 0.844 bits per heavy atom. The fourth-order valence-corrected chi connectivity index (χ4v) is 4.22. The van der Waals surface area contributed by atoms with Gasteiger partial charge < -0.3 is 0 Å². The third-order valence-corrected chi connectivity index (χ3v) is 6.59. The molecule has 0 unspecified atom stereocenters. The first-order valence-corrected chi connectivity index (χ1v) is 12.2. The fourth-order valence-electron chi connectivity index (χ4n) is 3.97. The zero-order valence-corrected chi connectivity index (χ0v) is 22.4. The number of halogens is 14. The summed E-state index contributed by atoms with van der Waals surface area (Å²) in [6.07, 6.45) is -12.1. The van der Waals surface area contributed by atoms with Crippen LogP contribution >= 0.6 is 11.6 Å². The molecule has 0 spiro atoms. The van der Waals surface area contributed by atoms with Crippen molar-refractivity contribution >= 4 is 17.4 Å². The summed E-state index contributed by atoms with van der Waals surface area (Å²) in [6, 6.07) is 4.93. The van der Waals surface area contributed by atoms with Crippen molar-refractivity contribution in [3.05, 3.63) is 88.0 Å². The number of aromatic nitrogens is 4. The zero-order valence-electron chi connectivity index (χ0n) is 21.7. The van der Waals surface area contributed by atoms with Crippen LogP contribution in [0.2, 0.25) is 5.02 Å². The third-order valence-electron chi connectivity index (χ3n) is 6.28. The molecule has 0 saturated heterocycles. The van der Waals surface area contributed by atoms with Crippen molar-refractivity contribution in [2.75, 3.05) is 0 Å². The molecule has 4 rings (SSSR count). The summed E-state index contributed by atoms with van der Waals surface area (Å²) in [5, 5.41) is 3.59. The molecule has 0 bridgehead atoms. The number of pyridine rings is 1. The van der Waals surface area contributed by atoms with Gasteiger partial charge in [0.05, 0.1) is 16.1 Å². The quantitative estimate of drug-likeness (QED) is 0.145. The van der Waals surface area contributed by atoms with E-state index in [9.17, 15) is 53.1 Å². The minimum absolute atomic E-state index is 0.0611. The molecular formula is C26H12ClF13N4O. The van der Waals surface area contributed by atoms with Crippen molar-refractivity contribution in [3.8, 4) is 22.8 Å². The van der Waals surface area contributed by atoms with Crippen LogP contribution in [0.3, 0.4) is 0 Å². The van der Waals surface area contributed by atoms with E-state index in [0.29, 0.717) is 18.2 Å². The van der Waals surface area contributed by atoms with Crippen LogP contribution in [0.1, 0.15) is 27.2 Å². The van der Waals surface area contributed by atoms with E-state index < -0.39 is 86.9 Å². The summed E-state index contributed by atoms with van der Waals surface area (Å²) in [4.78, 5) is 20.0. The van der Waals surface area contributed by atoms with Gasteiger partial charge in [0.15, 0.2) is 11.6 Å². The smallest absolute Gasteiger partial charge is 0.287 e. The SMILES string of the molecule is Cn1nc(-c2c(F)cccc2Cl)nc1-c1ccc(C(=O)c2ccc(C(F)(F)F)cn2)c(C(F)(F)C(F)(F)C(F)(F)C(F)(F)F)c1. The first-order chi connectivity index (χ1) is 20.5. The van der Waals surface area contributed by atoms with Gasteiger partial charge in [-0.1, -0.05) is 23.7 Å². The molecule has 4 aromatic rings. The number of hydrogen-bond acceptors (Lipinski definition) is 4. The molecule has 2 aromatic carbocycles. The molecule has 0 aliphatic heterocycles. The van der Waals surface area contributed by atoms with Gasteiger partial charge in [0.25, 0.3) is 0 Å². The molecule has 0 N–H and O–H groups in total. The van der Waals surface area contributed by atoms with E-state index in [1.54, 1.807) is 0 Å². The first-order valence-electron chi connectivity index (χ1n) is 11.8. The highest BCUT2D eigenvalue weighted by molar-refractivity contribution is 6.33. The van der Waals surface area contributed by atoms with E-state index in [4.69, 9.17) is 11.6 Å². The second kappa shape index (κ2) is 11.0. The van der Waals surface area contributed by atoms with Gasteiger partial charge in [-0.15, -0.1) is 0 Å². The van der Waals surface area contributed by atoms with Crippen molar-refractivity contribution in [2.24, 2.45) is 7.05 Å². The number of aryl methyl sites for hydroxylation is 1. The molecule has 0 atom stereocenters. The number of carbonyl (C=O) groups excluding carboxylic acids is 1. The maximum Gasteiger partial charge on any atom is 0.460 e. The van der Waals surface area contributed by atoms with E-state index in [2.05, 4.69) is 15.1 Å². The molecular weight excluding hydrogens is 667 g/mol. The van der Waals surface area contributed by atoms with Crippen molar-refractivity contribution in [3.63, 3.8) is 0 Å². The summed E-state index contributed by atoms with van der Waals surface area (Å²) in [5.41, 5.74) is -7.66. The molecule has 0 radical (unpaired) electrons. The summed E-state index contributed by atoms with van der Waals surface area (Å²) in [5.74, 6) is -24.9. The predicted molar refractivity (Wildman–Crippen MR) is 129 cm³/mol. The van der Waals surface area contributed by atoms with Crippen molar-refractivity contribution in [1.29, 1.82) is 0 Å². The zero-order chi connectivity index (χ0) is 33.9. The van der Waals surface area contributed by atoms with Crippen LogP contribution < -0.4 is 0 Å².